The summed E-state index contributed by atoms with van der Waals surface area (Å²) in [5.41, 5.74) is 0.263. The minimum absolute atomic E-state index is 0.00619. The molecule has 0 bridgehead atoms. The smallest absolute Gasteiger partial charge is 0.311 e. The highest BCUT2D eigenvalue weighted by Crippen LogP contribution is 2.59. The number of ether oxygens (including phenoxy) is 1. The third kappa shape index (κ3) is 2.98. The Bertz CT molecular complexity index is 1380. The highest BCUT2D eigenvalue weighted by molar-refractivity contribution is 6.30. The Morgan fingerprint density at radius 1 is 1.06 bits per heavy atom. The van der Waals surface area contributed by atoms with Gasteiger partial charge in [0.1, 0.15) is 17.5 Å². The van der Waals surface area contributed by atoms with Gasteiger partial charge in [-0.05, 0) is 35.3 Å². The van der Waals surface area contributed by atoms with Crippen molar-refractivity contribution in [3.05, 3.63) is 116 Å². The summed E-state index contributed by atoms with van der Waals surface area (Å²) in [5.74, 6) is -0.631. The van der Waals surface area contributed by atoms with Crippen LogP contribution in [0.3, 0.4) is 0 Å². The second-order valence-electron chi connectivity index (χ2n) is 8.58. The van der Waals surface area contributed by atoms with Crippen molar-refractivity contribution in [1.29, 1.82) is 10.7 Å². The van der Waals surface area contributed by atoms with E-state index in [1.807, 2.05) is 31.2 Å². The minimum atomic E-state index is -1.98. The quantitative estimate of drug-likeness (QED) is 0.363. The molecule has 0 saturated heterocycles. The van der Waals surface area contributed by atoms with Crippen molar-refractivity contribution >= 4 is 22.9 Å². The first-order chi connectivity index (χ1) is 16.4. The molecule has 6 nitrogen and oxygen atoms in total. The fraction of sp³-hybridized carbons (Fsp3) is 0.185. The SMILES string of the molecule is CC1C(c2ccc(Cl)cc2)=C(C#N)C(=N)[C@@]2([N+](=O)[O-])[C@H](c3ccccc3)Oc3ccccc3[C@@H]12. The highest BCUT2D eigenvalue weighted by Gasteiger charge is 2.69. The number of rotatable bonds is 3. The first kappa shape index (κ1) is 21.9. The van der Waals surface area contributed by atoms with Crippen LogP contribution in [0.1, 0.15) is 35.6 Å². The van der Waals surface area contributed by atoms with E-state index in [0.717, 1.165) is 5.56 Å². The number of para-hydroxylation sites is 1. The lowest BCUT2D eigenvalue weighted by Crippen LogP contribution is -2.62. The first-order valence-electron chi connectivity index (χ1n) is 10.9. The Balaban J connectivity index is 1.86. The molecule has 4 atom stereocenters. The molecule has 3 aromatic carbocycles. The Hall–Kier alpha value is -3.95. The van der Waals surface area contributed by atoms with E-state index in [9.17, 15) is 15.4 Å². The summed E-state index contributed by atoms with van der Waals surface area (Å²) in [6, 6.07) is 25.3. The topological polar surface area (TPSA) is 100 Å². The fourth-order valence-electron chi connectivity index (χ4n) is 5.53. The number of allylic oxidation sites excluding steroid dienone is 1. The lowest BCUT2D eigenvalue weighted by atomic mass is 9.57. The number of nitro groups is 1. The maximum absolute atomic E-state index is 13.0. The second-order valence-corrected chi connectivity index (χ2v) is 9.01. The standard InChI is InChI=1S/C27H20ClN3O3/c1-16-23(17-11-13-19(28)14-12-17)21(15-29)25(30)27(31(32)33)24(16)20-9-5-6-10-22(20)34-26(27)18-7-3-2-4-8-18/h2-14,16,24,26,30H,1H3/t16?,24-,26+,27-/m1/s1. The summed E-state index contributed by atoms with van der Waals surface area (Å²) in [6.07, 6.45) is -1.08. The van der Waals surface area contributed by atoms with Crippen molar-refractivity contribution in [2.45, 2.75) is 24.5 Å². The molecular weight excluding hydrogens is 450 g/mol. The van der Waals surface area contributed by atoms with E-state index in [-0.39, 0.29) is 11.3 Å². The molecule has 1 heterocycles. The molecule has 0 aromatic heterocycles. The van der Waals surface area contributed by atoms with Gasteiger partial charge in [0, 0.05) is 21.1 Å². The molecule has 0 spiro atoms. The van der Waals surface area contributed by atoms with E-state index in [1.165, 1.54) is 0 Å². The number of hydrogen-bond donors (Lipinski definition) is 1. The van der Waals surface area contributed by atoms with Crippen LogP contribution in [-0.4, -0.2) is 16.2 Å². The van der Waals surface area contributed by atoms with Gasteiger partial charge < -0.3 is 4.74 Å². The van der Waals surface area contributed by atoms with E-state index in [2.05, 4.69) is 6.07 Å². The van der Waals surface area contributed by atoms with Gasteiger partial charge in [0.2, 0.25) is 6.10 Å². The van der Waals surface area contributed by atoms with E-state index in [1.54, 1.807) is 54.6 Å². The number of nitrogens with zero attached hydrogens (tertiary/aromatic N) is 2. The average Bonchev–Trinajstić information content (AvgIpc) is 2.86. The van der Waals surface area contributed by atoms with Crippen molar-refractivity contribution in [3.8, 4) is 11.8 Å². The Kier molecular flexibility index (Phi) is 5.22. The maximum Gasteiger partial charge on any atom is 0.311 e. The summed E-state index contributed by atoms with van der Waals surface area (Å²) < 4.78 is 6.29. The zero-order valence-corrected chi connectivity index (χ0v) is 19.0. The average molecular weight is 470 g/mol. The van der Waals surface area contributed by atoms with Crippen molar-refractivity contribution in [1.82, 2.24) is 0 Å². The molecule has 1 unspecified atom stereocenters. The summed E-state index contributed by atoms with van der Waals surface area (Å²) in [4.78, 5) is 12.6. The molecule has 5 rings (SSSR count). The zero-order chi connectivity index (χ0) is 24.0. The molecule has 0 saturated carbocycles. The van der Waals surface area contributed by atoms with Crippen LogP contribution in [0, 0.1) is 32.8 Å². The lowest BCUT2D eigenvalue weighted by molar-refractivity contribution is -0.568. The predicted molar refractivity (Wildman–Crippen MR) is 130 cm³/mol. The second kappa shape index (κ2) is 8.12. The molecule has 2 aliphatic rings. The fourth-order valence-corrected chi connectivity index (χ4v) is 5.66. The largest absolute Gasteiger partial charge is 0.477 e. The van der Waals surface area contributed by atoms with Crippen LogP contribution in [-0.2, 0) is 0 Å². The van der Waals surface area contributed by atoms with E-state index in [0.29, 0.717) is 27.5 Å². The van der Waals surface area contributed by atoms with Gasteiger partial charge >= 0.3 is 5.54 Å². The van der Waals surface area contributed by atoms with E-state index >= 15 is 0 Å². The number of nitrogens with one attached hydrogen (secondary N) is 1. The third-order valence-corrected chi connectivity index (χ3v) is 7.17. The highest BCUT2D eigenvalue weighted by atomic mass is 35.5. The molecule has 7 heteroatoms. The molecule has 0 amide bonds. The molecular formula is C27H20ClN3O3. The normalized spacial score (nSPS) is 25.6. The molecule has 34 heavy (non-hydrogen) atoms. The van der Waals surface area contributed by atoms with Gasteiger partial charge in [-0.25, -0.2) is 0 Å². The third-order valence-electron chi connectivity index (χ3n) is 6.92. The summed E-state index contributed by atoms with van der Waals surface area (Å²) in [7, 11) is 0. The summed E-state index contributed by atoms with van der Waals surface area (Å²) in [6.45, 7) is 1.89. The van der Waals surface area contributed by atoms with Gasteiger partial charge in [0.25, 0.3) is 0 Å². The van der Waals surface area contributed by atoms with Crippen LogP contribution in [0.5, 0.6) is 5.75 Å². The number of halogens is 1. The van der Waals surface area contributed by atoms with Gasteiger partial charge in [0.15, 0.2) is 0 Å². The molecule has 0 radical (unpaired) electrons. The molecule has 3 aromatic rings. The van der Waals surface area contributed by atoms with E-state index in [4.69, 9.17) is 21.7 Å². The molecule has 168 valence electrons. The molecule has 1 N–H and O–H groups in total. The molecule has 1 aliphatic heterocycles. The molecule has 0 fully saturated rings. The number of benzene rings is 3. The number of hydrogen-bond acceptors (Lipinski definition) is 5. The van der Waals surface area contributed by atoms with Crippen LogP contribution < -0.4 is 4.74 Å². The lowest BCUT2D eigenvalue weighted by Gasteiger charge is -2.48. The van der Waals surface area contributed by atoms with Gasteiger partial charge in [0.05, 0.1) is 11.5 Å². The van der Waals surface area contributed by atoms with Crippen molar-refractivity contribution in [3.63, 3.8) is 0 Å². The Morgan fingerprint density at radius 2 is 1.71 bits per heavy atom. The van der Waals surface area contributed by atoms with E-state index < -0.39 is 28.4 Å². The van der Waals surface area contributed by atoms with Gasteiger partial charge in [-0.3, -0.25) is 15.5 Å². The van der Waals surface area contributed by atoms with Crippen LogP contribution >= 0.6 is 11.6 Å². The van der Waals surface area contributed by atoms with Crippen molar-refractivity contribution < 1.29 is 9.66 Å². The monoisotopic (exact) mass is 469 g/mol. The summed E-state index contributed by atoms with van der Waals surface area (Å²) >= 11 is 6.09. The Morgan fingerprint density at radius 3 is 2.35 bits per heavy atom. The summed E-state index contributed by atoms with van der Waals surface area (Å²) in [5, 5.41) is 32.9. The molecule has 1 aliphatic carbocycles. The van der Waals surface area contributed by atoms with Gasteiger partial charge in [-0.2, -0.15) is 5.26 Å². The van der Waals surface area contributed by atoms with Crippen molar-refractivity contribution in [2.75, 3.05) is 0 Å². The van der Waals surface area contributed by atoms with Crippen molar-refractivity contribution in [2.24, 2.45) is 5.92 Å². The zero-order valence-electron chi connectivity index (χ0n) is 18.2. The maximum atomic E-state index is 13.0. The number of fused-ring (bicyclic) bond motifs is 3. The predicted octanol–water partition coefficient (Wildman–Crippen LogP) is 6.22. The van der Waals surface area contributed by atoms with Crippen LogP contribution in [0.2, 0.25) is 5.02 Å². The first-order valence-corrected chi connectivity index (χ1v) is 11.2. The van der Waals surface area contributed by atoms with Crippen LogP contribution in [0.4, 0.5) is 0 Å². The Labute approximate surface area is 201 Å². The van der Waals surface area contributed by atoms with Crippen LogP contribution in [0.25, 0.3) is 5.57 Å². The van der Waals surface area contributed by atoms with Crippen LogP contribution in [0.15, 0.2) is 84.4 Å². The van der Waals surface area contributed by atoms with Gasteiger partial charge in [-0.1, -0.05) is 79.2 Å². The van der Waals surface area contributed by atoms with Gasteiger partial charge in [-0.15, -0.1) is 0 Å². The minimum Gasteiger partial charge on any atom is -0.477 e. The number of nitriles is 1.